The number of rotatable bonds is 5. The molecule has 0 fully saturated rings. The maximum Gasteiger partial charge on any atom is 0.240 e. The van der Waals surface area contributed by atoms with E-state index in [0.29, 0.717) is 6.07 Å². The second kappa shape index (κ2) is 5.52. The van der Waals surface area contributed by atoms with Crippen LogP contribution in [0.5, 0.6) is 0 Å². The predicted octanol–water partition coefficient (Wildman–Crippen LogP) is 1.28. The highest BCUT2D eigenvalue weighted by Crippen LogP contribution is 2.13. The predicted molar refractivity (Wildman–Crippen MR) is 58.0 cm³/mol. The van der Waals surface area contributed by atoms with Gasteiger partial charge in [0.05, 0.1) is 11.5 Å². The van der Waals surface area contributed by atoms with Crippen LogP contribution in [-0.2, 0) is 14.8 Å². The standard InChI is InChI=1S/C10H13F2NO3S/c1-7(6-16-2)13-17(14,15)8-3-4-9(11)10(12)5-8/h3-5,7,13H,6H2,1-2H3. The van der Waals surface area contributed by atoms with Gasteiger partial charge < -0.3 is 4.74 Å². The zero-order valence-electron chi connectivity index (χ0n) is 9.41. The van der Waals surface area contributed by atoms with E-state index in [9.17, 15) is 17.2 Å². The van der Waals surface area contributed by atoms with Crippen LogP contribution in [0.1, 0.15) is 6.92 Å². The maximum atomic E-state index is 12.9. The fourth-order valence-electron chi connectivity index (χ4n) is 1.26. The van der Waals surface area contributed by atoms with Gasteiger partial charge in [0.15, 0.2) is 11.6 Å². The molecule has 0 heterocycles. The quantitative estimate of drug-likeness (QED) is 0.872. The number of halogens is 2. The molecule has 96 valence electrons. The molecule has 1 unspecified atom stereocenters. The van der Waals surface area contributed by atoms with Gasteiger partial charge in [-0.15, -0.1) is 0 Å². The van der Waals surface area contributed by atoms with Gasteiger partial charge in [-0.25, -0.2) is 21.9 Å². The first-order valence-electron chi connectivity index (χ1n) is 4.83. The number of methoxy groups -OCH3 is 1. The van der Waals surface area contributed by atoms with Crippen molar-refractivity contribution in [2.75, 3.05) is 13.7 Å². The SMILES string of the molecule is COCC(C)NS(=O)(=O)c1ccc(F)c(F)c1. The van der Waals surface area contributed by atoms with E-state index < -0.39 is 27.7 Å². The van der Waals surface area contributed by atoms with Gasteiger partial charge in [-0.3, -0.25) is 0 Å². The van der Waals surface area contributed by atoms with Gasteiger partial charge in [-0.2, -0.15) is 0 Å². The Morgan fingerprint density at radius 1 is 1.35 bits per heavy atom. The van der Waals surface area contributed by atoms with Crippen LogP contribution in [0.25, 0.3) is 0 Å². The van der Waals surface area contributed by atoms with E-state index in [2.05, 4.69) is 4.72 Å². The second-order valence-corrected chi connectivity index (χ2v) is 5.27. The molecule has 0 aliphatic heterocycles. The molecule has 4 nitrogen and oxygen atoms in total. The molecule has 0 spiro atoms. The molecule has 0 bridgehead atoms. The van der Waals surface area contributed by atoms with Crippen molar-refractivity contribution in [1.29, 1.82) is 0 Å². The zero-order valence-corrected chi connectivity index (χ0v) is 10.2. The van der Waals surface area contributed by atoms with E-state index in [0.717, 1.165) is 12.1 Å². The Kier molecular flexibility index (Phi) is 4.55. The van der Waals surface area contributed by atoms with Crippen LogP contribution in [0, 0.1) is 11.6 Å². The third kappa shape index (κ3) is 3.72. The fourth-order valence-corrected chi connectivity index (χ4v) is 2.50. The number of hydrogen-bond acceptors (Lipinski definition) is 3. The first kappa shape index (κ1) is 14.0. The van der Waals surface area contributed by atoms with Crippen molar-refractivity contribution in [1.82, 2.24) is 4.72 Å². The van der Waals surface area contributed by atoms with Crippen LogP contribution in [0.15, 0.2) is 23.1 Å². The third-order valence-electron chi connectivity index (χ3n) is 1.97. The van der Waals surface area contributed by atoms with Crippen molar-refractivity contribution in [3.05, 3.63) is 29.8 Å². The van der Waals surface area contributed by atoms with Crippen LogP contribution in [-0.4, -0.2) is 28.2 Å². The topological polar surface area (TPSA) is 55.4 Å². The summed E-state index contributed by atoms with van der Waals surface area (Å²) in [6.07, 6.45) is 0. The zero-order chi connectivity index (χ0) is 13.1. The molecule has 1 rings (SSSR count). The Hall–Kier alpha value is -1.05. The van der Waals surface area contributed by atoms with Crippen LogP contribution in [0.2, 0.25) is 0 Å². The van der Waals surface area contributed by atoms with Crippen molar-refractivity contribution in [3.8, 4) is 0 Å². The summed E-state index contributed by atoms with van der Waals surface area (Å²) >= 11 is 0. The minimum atomic E-state index is -3.86. The van der Waals surface area contributed by atoms with Crippen molar-refractivity contribution < 1.29 is 21.9 Å². The molecule has 1 atom stereocenters. The Morgan fingerprint density at radius 2 is 2.00 bits per heavy atom. The summed E-state index contributed by atoms with van der Waals surface area (Å²) in [6, 6.07) is 1.95. The van der Waals surface area contributed by atoms with Crippen LogP contribution in [0.3, 0.4) is 0 Å². The summed E-state index contributed by atoms with van der Waals surface area (Å²) < 4.78 is 56.1. The normalized spacial score (nSPS) is 13.6. The molecule has 0 aliphatic carbocycles. The molecule has 1 aromatic carbocycles. The lowest BCUT2D eigenvalue weighted by molar-refractivity contribution is 0.180. The van der Waals surface area contributed by atoms with E-state index >= 15 is 0 Å². The molecule has 1 aromatic rings. The molecule has 0 radical (unpaired) electrons. The Labute approximate surface area is 98.6 Å². The maximum absolute atomic E-state index is 12.9. The van der Waals surface area contributed by atoms with Crippen molar-refractivity contribution in [2.45, 2.75) is 17.9 Å². The Balaban J connectivity index is 2.93. The summed E-state index contributed by atoms with van der Waals surface area (Å²) in [7, 11) is -2.42. The van der Waals surface area contributed by atoms with Gasteiger partial charge in [0.2, 0.25) is 10.0 Å². The first-order chi connectivity index (χ1) is 7.86. The lowest BCUT2D eigenvalue weighted by atomic mass is 10.3. The molecule has 0 aromatic heterocycles. The monoisotopic (exact) mass is 265 g/mol. The summed E-state index contributed by atoms with van der Waals surface area (Å²) in [4.78, 5) is -0.320. The van der Waals surface area contributed by atoms with Crippen molar-refractivity contribution in [3.63, 3.8) is 0 Å². The lowest BCUT2D eigenvalue weighted by Gasteiger charge is -2.13. The second-order valence-electron chi connectivity index (χ2n) is 3.55. The molecule has 1 N–H and O–H groups in total. The number of ether oxygens (including phenoxy) is 1. The summed E-state index contributed by atoms with van der Waals surface area (Å²) in [6.45, 7) is 1.78. The molecule has 0 saturated carbocycles. The van der Waals surface area contributed by atoms with Gasteiger partial charge in [0, 0.05) is 13.2 Å². The smallest absolute Gasteiger partial charge is 0.240 e. The number of hydrogen-bond donors (Lipinski definition) is 1. The molecule has 0 aliphatic rings. The molecular weight excluding hydrogens is 252 g/mol. The van der Waals surface area contributed by atoms with Crippen LogP contribution in [0.4, 0.5) is 8.78 Å². The summed E-state index contributed by atoms with van der Waals surface area (Å²) in [5.74, 6) is -2.29. The van der Waals surface area contributed by atoms with E-state index in [-0.39, 0.29) is 11.5 Å². The third-order valence-corrected chi connectivity index (χ3v) is 3.56. The highest BCUT2D eigenvalue weighted by Gasteiger charge is 2.18. The average Bonchev–Trinajstić information content (AvgIpc) is 2.21. The lowest BCUT2D eigenvalue weighted by Crippen LogP contribution is -2.35. The molecule has 0 saturated heterocycles. The number of sulfonamides is 1. The van der Waals surface area contributed by atoms with Gasteiger partial charge in [0.1, 0.15) is 0 Å². The molecule has 7 heteroatoms. The van der Waals surface area contributed by atoms with E-state index in [1.54, 1.807) is 6.92 Å². The Bertz CT molecular complexity index is 490. The van der Waals surface area contributed by atoms with Crippen molar-refractivity contribution >= 4 is 10.0 Å². The van der Waals surface area contributed by atoms with Gasteiger partial charge in [-0.05, 0) is 25.1 Å². The Morgan fingerprint density at radius 3 is 2.53 bits per heavy atom. The van der Waals surface area contributed by atoms with Crippen LogP contribution < -0.4 is 4.72 Å². The highest BCUT2D eigenvalue weighted by atomic mass is 32.2. The molecule has 0 amide bonds. The van der Waals surface area contributed by atoms with Gasteiger partial charge >= 0.3 is 0 Å². The number of nitrogens with one attached hydrogen (secondary N) is 1. The van der Waals surface area contributed by atoms with Gasteiger partial charge in [0.25, 0.3) is 0 Å². The van der Waals surface area contributed by atoms with E-state index in [4.69, 9.17) is 4.74 Å². The van der Waals surface area contributed by atoms with Crippen LogP contribution >= 0.6 is 0 Å². The van der Waals surface area contributed by atoms with Gasteiger partial charge in [-0.1, -0.05) is 0 Å². The largest absolute Gasteiger partial charge is 0.383 e. The van der Waals surface area contributed by atoms with E-state index in [1.165, 1.54) is 7.11 Å². The first-order valence-corrected chi connectivity index (χ1v) is 6.31. The molecule has 17 heavy (non-hydrogen) atoms. The fraction of sp³-hybridized carbons (Fsp3) is 0.400. The minimum absolute atomic E-state index is 0.183. The minimum Gasteiger partial charge on any atom is -0.383 e. The summed E-state index contributed by atoms with van der Waals surface area (Å²) in [5, 5.41) is 0. The summed E-state index contributed by atoms with van der Waals surface area (Å²) in [5.41, 5.74) is 0. The highest BCUT2D eigenvalue weighted by molar-refractivity contribution is 7.89. The van der Waals surface area contributed by atoms with E-state index in [1.807, 2.05) is 0 Å². The average molecular weight is 265 g/mol. The van der Waals surface area contributed by atoms with Crippen molar-refractivity contribution in [2.24, 2.45) is 0 Å². The number of benzene rings is 1. The molecular formula is C10H13F2NO3S.